The fourth-order valence-electron chi connectivity index (χ4n) is 11.4. The van der Waals surface area contributed by atoms with Gasteiger partial charge in [0, 0.05) is 0 Å². The Balaban J connectivity index is 1.54. The second kappa shape index (κ2) is 6.55. The molecule has 1 nitrogen and oxygen atoms in total. The molecule has 0 aromatic carbocycles. The van der Waals surface area contributed by atoms with E-state index in [1.807, 2.05) is 0 Å². The van der Waals surface area contributed by atoms with Gasteiger partial charge in [-0.15, -0.1) is 0 Å². The molecule has 0 spiro atoms. The second-order valence-corrected chi connectivity index (χ2v) is 15.5. The summed E-state index contributed by atoms with van der Waals surface area (Å²) in [5.74, 6) is 3.02. The first-order valence-electron chi connectivity index (χ1n) is 13.9. The Morgan fingerprint density at radius 2 is 1.19 bits per heavy atom. The van der Waals surface area contributed by atoms with Crippen LogP contribution in [-0.2, 0) is 0 Å². The minimum atomic E-state index is -0.0781. The van der Waals surface area contributed by atoms with Gasteiger partial charge in [-0.3, -0.25) is 0 Å². The standard InChI is InChI=1S/C30H52O/c1-20-21(31)9-10-22-27(20,5)12-11-23-28(22,6)16-18-30(8)24-19-25(2,3)13-14-26(24,4)15-17-29(23,30)7/h20-24,31H,9-19H2,1-8H3/t20-,21-,22+,23-,24+,26-,27+,28-,29+,30-/m0/s1. The maximum atomic E-state index is 10.7. The number of aliphatic hydroxyl groups is 1. The predicted octanol–water partition coefficient (Wildman–Crippen LogP) is 8.25. The summed E-state index contributed by atoms with van der Waals surface area (Å²) in [6, 6.07) is 0. The molecule has 0 unspecified atom stereocenters. The Hall–Kier alpha value is -0.0400. The van der Waals surface area contributed by atoms with Crippen LogP contribution in [0.4, 0.5) is 0 Å². The van der Waals surface area contributed by atoms with Gasteiger partial charge < -0.3 is 5.11 Å². The second-order valence-electron chi connectivity index (χ2n) is 15.5. The first-order chi connectivity index (χ1) is 14.2. The number of rotatable bonds is 0. The molecule has 31 heavy (non-hydrogen) atoms. The van der Waals surface area contributed by atoms with E-state index in [1.54, 1.807) is 0 Å². The molecule has 0 heterocycles. The van der Waals surface area contributed by atoms with E-state index < -0.39 is 0 Å². The first kappa shape index (κ1) is 22.7. The molecule has 5 rings (SSSR count). The molecule has 5 aliphatic rings. The lowest BCUT2D eigenvalue weighted by molar-refractivity contribution is -0.263. The van der Waals surface area contributed by atoms with Gasteiger partial charge in [0.1, 0.15) is 0 Å². The predicted molar refractivity (Wildman–Crippen MR) is 131 cm³/mol. The Bertz CT molecular complexity index is 741. The molecule has 1 N–H and O–H groups in total. The molecule has 0 aromatic rings. The van der Waals surface area contributed by atoms with Crippen LogP contribution in [-0.4, -0.2) is 11.2 Å². The summed E-state index contributed by atoms with van der Waals surface area (Å²) >= 11 is 0. The number of fused-ring (bicyclic) bond motifs is 7. The van der Waals surface area contributed by atoms with Gasteiger partial charge in [-0.2, -0.15) is 0 Å². The highest BCUT2D eigenvalue weighted by atomic mass is 16.3. The molecule has 10 atom stereocenters. The van der Waals surface area contributed by atoms with Gasteiger partial charge in [0.05, 0.1) is 6.10 Å². The molecule has 0 aliphatic heterocycles. The van der Waals surface area contributed by atoms with Crippen LogP contribution in [0.15, 0.2) is 0 Å². The molecule has 0 aromatic heterocycles. The van der Waals surface area contributed by atoms with Gasteiger partial charge in [-0.1, -0.05) is 55.4 Å². The molecule has 5 fully saturated rings. The summed E-state index contributed by atoms with van der Waals surface area (Å²) in [6.07, 6.45) is 15.1. The van der Waals surface area contributed by atoms with Gasteiger partial charge in [0.2, 0.25) is 0 Å². The molecule has 5 aliphatic carbocycles. The molecule has 1 heteroatoms. The monoisotopic (exact) mass is 428 g/mol. The molecular formula is C30H52O. The topological polar surface area (TPSA) is 20.2 Å². The number of hydrogen-bond acceptors (Lipinski definition) is 1. The van der Waals surface area contributed by atoms with Gasteiger partial charge in [-0.25, -0.2) is 0 Å². The van der Waals surface area contributed by atoms with E-state index >= 15 is 0 Å². The zero-order valence-electron chi connectivity index (χ0n) is 22.1. The lowest BCUT2D eigenvalue weighted by atomic mass is 9.30. The van der Waals surface area contributed by atoms with Crippen molar-refractivity contribution in [2.24, 2.45) is 56.2 Å². The maximum Gasteiger partial charge on any atom is 0.0571 e. The van der Waals surface area contributed by atoms with Crippen LogP contribution >= 0.6 is 0 Å². The Morgan fingerprint density at radius 3 is 1.90 bits per heavy atom. The summed E-state index contributed by atoms with van der Waals surface area (Å²) in [4.78, 5) is 0. The largest absolute Gasteiger partial charge is 0.393 e. The summed E-state index contributed by atoms with van der Waals surface area (Å²) in [6.45, 7) is 20.9. The summed E-state index contributed by atoms with van der Waals surface area (Å²) in [7, 11) is 0. The van der Waals surface area contributed by atoms with Crippen LogP contribution < -0.4 is 0 Å². The fraction of sp³-hybridized carbons (Fsp3) is 1.00. The molecule has 5 saturated carbocycles. The van der Waals surface area contributed by atoms with Crippen molar-refractivity contribution in [2.45, 2.75) is 132 Å². The SMILES string of the molecule is C[C@H]1[C@@H](O)CC[C@@H]2[C@]1(C)CC[C@H]1[C@@]2(C)CC[C@@]2(C)[C@@H]3CC(C)(C)CC[C@@]3(C)CC[C@]12C. The van der Waals surface area contributed by atoms with Gasteiger partial charge in [-0.05, 0) is 127 Å². The molecule has 0 amide bonds. The highest BCUT2D eigenvalue weighted by Crippen LogP contribution is 2.78. The van der Waals surface area contributed by atoms with Crippen LogP contribution in [0.25, 0.3) is 0 Å². The van der Waals surface area contributed by atoms with Gasteiger partial charge >= 0.3 is 0 Å². The molecule has 0 radical (unpaired) electrons. The van der Waals surface area contributed by atoms with Crippen molar-refractivity contribution >= 4 is 0 Å². The van der Waals surface area contributed by atoms with Crippen LogP contribution in [0.2, 0.25) is 0 Å². The minimum Gasteiger partial charge on any atom is -0.393 e. The van der Waals surface area contributed by atoms with Crippen molar-refractivity contribution in [3.63, 3.8) is 0 Å². The molecule has 178 valence electrons. The van der Waals surface area contributed by atoms with Crippen molar-refractivity contribution in [1.82, 2.24) is 0 Å². The zero-order valence-corrected chi connectivity index (χ0v) is 22.1. The van der Waals surface area contributed by atoms with Gasteiger partial charge in [0.15, 0.2) is 0 Å². The summed E-state index contributed by atoms with van der Waals surface area (Å²) in [5.41, 5.74) is 2.88. The fourth-order valence-corrected chi connectivity index (χ4v) is 11.4. The third-order valence-corrected chi connectivity index (χ3v) is 13.9. The third kappa shape index (κ3) is 2.77. The van der Waals surface area contributed by atoms with Crippen LogP contribution in [0.3, 0.4) is 0 Å². The summed E-state index contributed by atoms with van der Waals surface area (Å²) < 4.78 is 0. The quantitative estimate of drug-likeness (QED) is 0.412. The highest BCUT2D eigenvalue weighted by molar-refractivity contribution is 5.19. The van der Waals surface area contributed by atoms with E-state index in [0.29, 0.717) is 38.4 Å². The van der Waals surface area contributed by atoms with Crippen LogP contribution in [0.1, 0.15) is 126 Å². The zero-order chi connectivity index (χ0) is 22.7. The van der Waals surface area contributed by atoms with Crippen LogP contribution in [0, 0.1) is 56.2 Å². The summed E-state index contributed by atoms with van der Waals surface area (Å²) in [5, 5.41) is 10.7. The van der Waals surface area contributed by atoms with E-state index in [2.05, 4.69) is 55.4 Å². The van der Waals surface area contributed by atoms with E-state index in [0.717, 1.165) is 24.2 Å². The van der Waals surface area contributed by atoms with E-state index in [-0.39, 0.29) is 6.10 Å². The highest BCUT2D eigenvalue weighted by Gasteiger charge is 2.70. The van der Waals surface area contributed by atoms with Crippen molar-refractivity contribution in [1.29, 1.82) is 0 Å². The smallest absolute Gasteiger partial charge is 0.0571 e. The average molecular weight is 429 g/mol. The Morgan fingerprint density at radius 1 is 0.581 bits per heavy atom. The van der Waals surface area contributed by atoms with Crippen LogP contribution in [0.5, 0.6) is 0 Å². The van der Waals surface area contributed by atoms with E-state index in [4.69, 9.17) is 0 Å². The third-order valence-electron chi connectivity index (χ3n) is 13.9. The van der Waals surface area contributed by atoms with Crippen molar-refractivity contribution < 1.29 is 5.11 Å². The van der Waals surface area contributed by atoms with E-state index in [9.17, 15) is 5.11 Å². The first-order valence-corrected chi connectivity index (χ1v) is 13.9. The van der Waals surface area contributed by atoms with Gasteiger partial charge in [0.25, 0.3) is 0 Å². The van der Waals surface area contributed by atoms with Crippen molar-refractivity contribution in [3.05, 3.63) is 0 Å². The lowest BCUT2D eigenvalue weighted by Crippen LogP contribution is -2.67. The molecule has 0 saturated heterocycles. The van der Waals surface area contributed by atoms with Crippen molar-refractivity contribution in [3.8, 4) is 0 Å². The van der Waals surface area contributed by atoms with Crippen molar-refractivity contribution in [2.75, 3.05) is 0 Å². The Labute approximate surface area is 193 Å². The normalized spacial score (nSPS) is 60.9. The van der Waals surface area contributed by atoms with E-state index in [1.165, 1.54) is 64.2 Å². The number of aliphatic hydroxyl groups excluding tert-OH is 1. The molecule has 0 bridgehead atoms. The molecular weight excluding hydrogens is 376 g/mol. The minimum absolute atomic E-state index is 0.0781. The number of hydrogen-bond donors (Lipinski definition) is 1. The average Bonchev–Trinajstić information content (AvgIpc) is 2.69. The maximum absolute atomic E-state index is 10.7. The lowest BCUT2D eigenvalue weighted by Gasteiger charge is -2.75. The Kier molecular flexibility index (Phi) is 4.80.